The van der Waals surface area contributed by atoms with Crippen LogP contribution in [0.15, 0.2) is 18.2 Å². The molecule has 1 aliphatic rings. The van der Waals surface area contributed by atoms with Gasteiger partial charge in [0, 0.05) is 6.04 Å². The van der Waals surface area contributed by atoms with Crippen LogP contribution >= 0.6 is 0 Å². The van der Waals surface area contributed by atoms with E-state index >= 15 is 0 Å². The number of nitrogens with one attached hydrogen (secondary N) is 1. The summed E-state index contributed by atoms with van der Waals surface area (Å²) in [5.41, 5.74) is 2.91. The Kier molecular flexibility index (Phi) is 4.28. The Bertz CT molecular complexity index is 400. The highest BCUT2D eigenvalue weighted by molar-refractivity contribution is 5.38. The van der Waals surface area contributed by atoms with Gasteiger partial charge >= 0.3 is 0 Å². The van der Waals surface area contributed by atoms with Crippen molar-refractivity contribution in [1.82, 2.24) is 5.32 Å². The van der Waals surface area contributed by atoms with Crippen LogP contribution in [0, 0.1) is 11.8 Å². The Balaban J connectivity index is 2.39. The quantitative estimate of drug-likeness (QED) is 0.862. The highest BCUT2D eigenvalue weighted by atomic mass is 16.5. The molecule has 2 unspecified atom stereocenters. The summed E-state index contributed by atoms with van der Waals surface area (Å²) in [6.45, 7) is 8.01. The molecule has 18 heavy (non-hydrogen) atoms. The SMILES string of the molecule is COc1ccc2c(c1)C(C(C)C)NCC(C)CC2. The molecule has 2 nitrogen and oxygen atoms in total. The predicted octanol–water partition coefficient (Wildman–Crippen LogP) is 3.56. The highest BCUT2D eigenvalue weighted by Gasteiger charge is 2.22. The minimum Gasteiger partial charge on any atom is -0.497 e. The number of ether oxygens (including phenoxy) is 1. The van der Waals surface area contributed by atoms with Crippen molar-refractivity contribution in [2.24, 2.45) is 11.8 Å². The van der Waals surface area contributed by atoms with Gasteiger partial charge in [-0.15, -0.1) is 0 Å². The van der Waals surface area contributed by atoms with E-state index in [4.69, 9.17) is 4.74 Å². The lowest BCUT2D eigenvalue weighted by atomic mass is 9.86. The molecular weight excluding hydrogens is 222 g/mol. The number of benzene rings is 1. The van der Waals surface area contributed by atoms with Gasteiger partial charge in [-0.3, -0.25) is 0 Å². The lowest BCUT2D eigenvalue weighted by Crippen LogP contribution is -2.32. The minimum absolute atomic E-state index is 0.442. The first-order valence-corrected chi connectivity index (χ1v) is 7.02. The van der Waals surface area contributed by atoms with Crippen molar-refractivity contribution in [1.29, 1.82) is 0 Å². The normalized spacial score (nSPS) is 24.3. The molecule has 1 aliphatic heterocycles. The fourth-order valence-corrected chi connectivity index (χ4v) is 2.75. The Hall–Kier alpha value is -1.02. The van der Waals surface area contributed by atoms with Gasteiger partial charge in [0.25, 0.3) is 0 Å². The van der Waals surface area contributed by atoms with Crippen molar-refractivity contribution >= 4 is 0 Å². The predicted molar refractivity (Wildman–Crippen MR) is 76.1 cm³/mol. The van der Waals surface area contributed by atoms with Crippen molar-refractivity contribution in [3.8, 4) is 5.75 Å². The van der Waals surface area contributed by atoms with E-state index in [0.29, 0.717) is 12.0 Å². The largest absolute Gasteiger partial charge is 0.497 e. The molecule has 1 aromatic carbocycles. The molecule has 0 spiro atoms. The molecule has 1 aromatic rings. The van der Waals surface area contributed by atoms with E-state index in [1.165, 1.54) is 24.0 Å². The molecule has 0 radical (unpaired) electrons. The van der Waals surface area contributed by atoms with E-state index in [2.05, 4.69) is 44.3 Å². The summed E-state index contributed by atoms with van der Waals surface area (Å²) in [5, 5.41) is 3.72. The van der Waals surface area contributed by atoms with E-state index in [-0.39, 0.29) is 0 Å². The molecule has 0 fully saturated rings. The van der Waals surface area contributed by atoms with E-state index < -0.39 is 0 Å². The van der Waals surface area contributed by atoms with E-state index in [0.717, 1.165) is 18.2 Å². The van der Waals surface area contributed by atoms with Gasteiger partial charge in [-0.05, 0) is 54.5 Å². The zero-order chi connectivity index (χ0) is 13.1. The van der Waals surface area contributed by atoms with Gasteiger partial charge in [-0.1, -0.05) is 26.8 Å². The maximum absolute atomic E-state index is 5.37. The molecule has 0 amide bonds. The minimum atomic E-state index is 0.442. The fourth-order valence-electron chi connectivity index (χ4n) is 2.75. The summed E-state index contributed by atoms with van der Waals surface area (Å²) in [6, 6.07) is 6.98. The zero-order valence-electron chi connectivity index (χ0n) is 12.0. The second-order valence-corrected chi connectivity index (χ2v) is 5.84. The van der Waals surface area contributed by atoms with Crippen LogP contribution in [0.2, 0.25) is 0 Å². The first kappa shape index (κ1) is 13.4. The number of rotatable bonds is 2. The first-order valence-electron chi connectivity index (χ1n) is 7.02. The topological polar surface area (TPSA) is 21.3 Å². The van der Waals surface area contributed by atoms with Gasteiger partial charge in [0.2, 0.25) is 0 Å². The average Bonchev–Trinajstić information content (AvgIpc) is 2.34. The molecule has 100 valence electrons. The van der Waals surface area contributed by atoms with Crippen LogP contribution in [0.1, 0.15) is 44.4 Å². The average molecular weight is 247 g/mol. The maximum atomic E-state index is 5.37. The van der Waals surface area contributed by atoms with Gasteiger partial charge in [0.15, 0.2) is 0 Å². The molecule has 2 rings (SSSR count). The first-order chi connectivity index (χ1) is 8.61. The molecule has 0 saturated heterocycles. The number of hydrogen-bond donors (Lipinski definition) is 1. The molecule has 1 N–H and O–H groups in total. The number of hydrogen-bond acceptors (Lipinski definition) is 2. The Morgan fingerprint density at radius 2 is 2.11 bits per heavy atom. The number of methoxy groups -OCH3 is 1. The summed E-state index contributed by atoms with van der Waals surface area (Å²) in [7, 11) is 1.74. The second-order valence-electron chi connectivity index (χ2n) is 5.84. The van der Waals surface area contributed by atoms with Crippen molar-refractivity contribution < 1.29 is 4.74 Å². The maximum Gasteiger partial charge on any atom is 0.119 e. The Morgan fingerprint density at radius 3 is 2.78 bits per heavy atom. The van der Waals surface area contributed by atoms with Crippen LogP contribution in [0.4, 0.5) is 0 Å². The lowest BCUT2D eigenvalue weighted by molar-refractivity contribution is 0.354. The summed E-state index contributed by atoms with van der Waals surface area (Å²) in [6.07, 6.45) is 2.45. The van der Waals surface area contributed by atoms with Crippen molar-refractivity contribution in [3.05, 3.63) is 29.3 Å². The molecular formula is C16H25NO. The third-order valence-corrected chi connectivity index (χ3v) is 3.95. The Labute approximate surface area is 111 Å². The standard InChI is InChI=1S/C16H25NO/c1-11(2)16-15-9-14(18-4)8-7-13(15)6-5-12(3)10-17-16/h7-9,11-12,16-17H,5-6,10H2,1-4H3. The molecule has 0 saturated carbocycles. The van der Waals surface area contributed by atoms with Crippen LogP contribution in [0.3, 0.4) is 0 Å². The van der Waals surface area contributed by atoms with Gasteiger partial charge in [-0.25, -0.2) is 0 Å². The fraction of sp³-hybridized carbons (Fsp3) is 0.625. The number of fused-ring (bicyclic) bond motifs is 1. The number of aryl methyl sites for hydroxylation is 1. The van der Waals surface area contributed by atoms with Crippen LogP contribution in [-0.2, 0) is 6.42 Å². The zero-order valence-corrected chi connectivity index (χ0v) is 12.0. The van der Waals surface area contributed by atoms with Crippen LogP contribution in [-0.4, -0.2) is 13.7 Å². The van der Waals surface area contributed by atoms with E-state index in [1.54, 1.807) is 7.11 Å². The summed E-state index contributed by atoms with van der Waals surface area (Å²) in [5.74, 6) is 2.32. The van der Waals surface area contributed by atoms with Crippen LogP contribution in [0.5, 0.6) is 5.75 Å². The smallest absolute Gasteiger partial charge is 0.119 e. The van der Waals surface area contributed by atoms with Gasteiger partial charge < -0.3 is 10.1 Å². The molecule has 1 heterocycles. The molecule has 2 atom stereocenters. The molecule has 0 bridgehead atoms. The molecule has 2 heteroatoms. The van der Waals surface area contributed by atoms with Gasteiger partial charge in [-0.2, -0.15) is 0 Å². The summed E-state index contributed by atoms with van der Waals surface area (Å²) in [4.78, 5) is 0. The van der Waals surface area contributed by atoms with Crippen LogP contribution in [0.25, 0.3) is 0 Å². The molecule has 0 aliphatic carbocycles. The second kappa shape index (κ2) is 5.75. The van der Waals surface area contributed by atoms with Crippen molar-refractivity contribution in [2.75, 3.05) is 13.7 Å². The van der Waals surface area contributed by atoms with E-state index in [1.807, 2.05) is 0 Å². The van der Waals surface area contributed by atoms with Crippen LogP contribution < -0.4 is 10.1 Å². The van der Waals surface area contributed by atoms with Gasteiger partial charge in [0.1, 0.15) is 5.75 Å². The van der Waals surface area contributed by atoms with E-state index in [9.17, 15) is 0 Å². The monoisotopic (exact) mass is 247 g/mol. The van der Waals surface area contributed by atoms with Gasteiger partial charge in [0.05, 0.1) is 7.11 Å². The lowest BCUT2D eigenvalue weighted by Gasteiger charge is -2.30. The van der Waals surface area contributed by atoms with Crippen molar-refractivity contribution in [3.63, 3.8) is 0 Å². The third-order valence-electron chi connectivity index (χ3n) is 3.95. The Morgan fingerprint density at radius 1 is 1.33 bits per heavy atom. The molecule has 0 aromatic heterocycles. The highest BCUT2D eigenvalue weighted by Crippen LogP contribution is 2.31. The summed E-state index contributed by atoms with van der Waals surface area (Å²) < 4.78 is 5.37. The van der Waals surface area contributed by atoms with Crippen molar-refractivity contribution in [2.45, 2.75) is 39.7 Å². The third kappa shape index (κ3) is 2.86. The summed E-state index contributed by atoms with van der Waals surface area (Å²) >= 11 is 0.